The molecule has 0 unspecified atom stereocenters. The van der Waals surface area contributed by atoms with Crippen molar-refractivity contribution in [3.05, 3.63) is 66.4 Å². The molecule has 16 heavy (non-hydrogen) atoms. The molecule has 0 radical (unpaired) electrons. The van der Waals surface area contributed by atoms with Gasteiger partial charge < -0.3 is 4.84 Å². The lowest BCUT2D eigenvalue weighted by atomic mass is 10.0. The summed E-state index contributed by atoms with van der Waals surface area (Å²) < 4.78 is 0. The predicted octanol–water partition coefficient (Wildman–Crippen LogP) is 3.23. The van der Waals surface area contributed by atoms with Crippen molar-refractivity contribution in [2.45, 2.75) is 0 Å². The van der Waals surface area contributed by atoms with Crippen LogP contribution in [0.4, 0.5) is 0 Å². The van der Waals surface area contributed by atoms with Gasteiger partial charge in [-0.3, -0.25) is 0 Å². The Labute approximate surface area is 93.8 Å². The predicted molar refractivity (Wildman–Crippen MR) is 65.3 cm³/mol. The van der Waals surface area contributed by atoms with Crippen LogP contribution in [-0.2, 0) is 4.84 Å². The summed E-state index contributed by atoms with van der Waals surface area (Å²) in [6.07, 6.45) is 5.65. The molecule has 78 valence electrons. The quantitative estimate of drug-likeness (QED) is 0.778. The number of hydrogen-bond acceptors (Lipinski definition) is 2. The van der Waals surface area contributed by atoms with E-state index in [4.69, 9.17) is 4.84 Å². The summed E-state index contributed by atoms with van der Waals surface area (Å²) in [4.78, 5) is 5.40. The molecule has 0 aliphatic carbocycles. The van der Waals surface area contributed by atoms with E-state index in [-0.39, 0.29) is 0 Å². The molecule has 0 amide bonds. The average Bonchev–Trinajstić information content (AvgIpc) is 2.39. The van der Waals surface area contributed by atoms with Crippen molar-refractivity contribution in [2.75, 3.05) is 0 Å². The van der Waals surface area contributed by atoms with Gasteiger partial charge in [0.15, 0.2) is 5.76 Å². The van der Waals surface area contributed by atoms with Gasteiger partial charge in [-0.25, -0.2) is 5.48 Å². The lowest BCUT2D eigenvalue weighted by Crippen LogP contribution is -2.08. The molecular weight excluding hydrogens is 198 g/mol. The van der Waals surface area contributed by atoms with E-state index in [1.54, 1.807) is 6.20 Å². The molecule has 0 saturated heterocycles. The number of allylic oxidation sites excluding steroid dienone is 2. The first kappa shape index (κ1) is 9.04. The Hall–Kier alpha value is -2.22. The Kier molecular flexibility index (Phi) is 2.11. The third-order valence-electron chi connectivity index (χ3n) is 2.64. The molecule has 0 saturated carbocycles. The molecule has 2 aromatic carbocycles. The maximum atomic E-state index is 5.40. The van der Waals surface area contributed by atoms with Gasteiger partial charge in [-0.1, -0.05) is 42.5 Å². The van der Waals surface area contributed by atoms with E-state index in [1.165, 1.54) is 10.8 Å². The molecule has 1 N–H and O–H groups in total. The summed E-state index contributed by atoms with van der Waals surface area (Å²) in [6.45, 7) is 0. The van der Waals surface area contributed by atoms with E-state index in [0.29, 0.717) is 0 Å². The van der Waals surface area contributed by atoms with Crippen molar-refractivity contribution in [1.29, 1.82) is 0 Å². The van der Waals surface area contributed by atoms with Crippen molar-refractivity contribution in [1.82, 2.24) is 5.48 Å². The molecule has 1 aliphatic heterocycles. The number of hydrogen-bond donors (Lipinski definition) is 1. The lowest BCUT2D eigenvalue weighted by molar-refractivity contribution is 0.199. The fourth-order valence-corrected chi connectivity index (χ4v) is 1.89. The standard InChI is InChI=1S/C14H11NO/c1-2-7-12-11(5-1)6-3-8-13(12)14-9-4-10-15-16-14/h1-10,15H. The molecular formula is C14H11NO. The SMILES string of the molecule is C1=CNOC(c2cccc3ccccc23)=C1. The second-order valence-corrected chi connectivity index (χ2v) is 3.64. The minimum atomic E-state index is 0.847. The van der Waals surface area contributed by atoms with Gasteiger partial charge in [-0.05, 0) is 22.9 Å². The first-order chi connectivity index (χ1) is 7.95. The summed E-state index contributed by atoms with van der Waals surface area (Å²) in [6, 6.07) is 14.5. The van der Waals surface area contributed by atoms with Crippen molar-refractivity contribution in [3.63, 3.8) is 0 Å². The molecule has 0 bridgehead atoms. The van der Waals surface area contributed by atoms with Crippen LogP contribution in [-0.4, -0.2) is 0 Å². The third kappa shape index (κ3) is 1.44. The molecule has 1 aliphatic rings. The van der Waals surface area contributed by atoms with Crippen LogP contribution in [0.25, 0.3) is 16.5 Å². The Balaban J connectivity index is 2.23. The number of rotatable bonds is 1. The van der Waals surface area contributed by atoms with Crippen LogP contribution in [0.3, 0.4) is 0 Å². The highest BCUT2D eigenvalue weighted by Crippen LogP contribution is 2.26. The highest BCUT2D eigenvalue weighted by molar-refractivity contribution is 5.92. The van der Waals surface area contributed by atoms with Gasteiger partial charge in [0.25, 0.3) is 0 Å². The summed E-state index contributed by atoms with van der Waals surface area (Å²) in [5.41, 5.74) is 3.86. The Morgan fingerprint density at radius 2 is 1.81 bits per heavy atom. The number of benzene rings is 2. The van der Waals surface area contributed by atoms with E-state index >= 15 is 0 Å². The Morgan fingerprint density at radius 1 is 0.938 bits per heavy atom. The van der Waals surface area contributed by atoms with E-state index in [1.807, 2.05) is 30.4 Å². The van der Waals surface area contributed by atoms with Crippen LogP contribution >= 0.6 is 0 Å². The zero-order valence-electron chi connectivity index (χ0n) is 8.68. The van der Waals surface area contributed by atoms with Gasteiger partial charge in [-0.15, -0.1) is 0 Å². The van der Waals surface area contributed by atoms with E-state index in [9.17, 15) is 0 Å². The smallest absolute Gasteiger partial charge is 0.162 e. The summed E-state index contributed by atoms with van der Waals surface area (Å²) in [7, 11) is 0. The van der Waals surface area contributed by atoms with Gasteiger partial charge in [-0.2, -0.15) is 0 Å². The molecule has 3 rings (SSSR count). The van der Waals surface area contributed by atoms with Crippen LogP contribution in [0, 0.1) is 0 Å². The molecule has 0 atom stereocenters. The monoisotopic (exact) mass is 209 g/mol. The first-order valence-electron chi connectivity index (χ1n) is 5.22. The van der Waals surface area contributed by atoms with Gasteiger partial charge in [0, 0.05) is 11.8 Å². The van der Waals surface area contributed by atoms with Crippen LogP contribution in [0.5, 0.6) is 0 Å². The van der Waals surface area contributed by atoms with Crippen LogP contribution in [0.2, 0.25) is 0 Å². The molecule has 2 nitrogen and oxygen atoms in total. The van der Waals surface area contributed by atoms with Gasteiger partial charge in [0.2, 0.25) is 0 Å². The van der Waals surface area contributed by atoms with Crippen LogP contribution in [0.1, 0.15) is 5.56 Å². The number of hydroxylamine groups is 1. The molecule has 0 spiro atoms. The van der Waals surface area contributed by atoms with E-state index in [0.717, 1.165) is 11.3 Å². The molecule has 2 heteroatoms. The second kappa shape index (κ2) is 3.74. The topological polar surface area (TPSA) is 21.3 Å². The van der Waals surface area contributed by atoms with Crippen LogP contribution in [0.15, 0.2) is 60.8 Å². The number of nitrogens with one attached hydrogen (secondary N) is 1. The summed E-state index contributed by atoms with van der Waals surface area (Å²) in [5, 5.41) is 2.42. The highest BCUT2D eigenvalue weighted by Gasteiger charge is 2.08. The van der Waals surface area contributed by atoms with Gasteiger partial charge in [0.05, 0.1) is 0 Å². The van der Waals surface area contributed by atoms with Crippen molar-refractivity contribution < 1.29 is 4.84 Å². The maximum Gasteiger partial charge on any atom is 0.162 e. The van der Waals surface area contributed by atoms with Crippen molar-refractivity contribution in [2.24, 2.45) is 0 Å². The third-order valence-corrected chi connectivity index (χ3v) is 2.64. The minimum Gasteiger partial charge on any atom is -0.382 e. The lowest BCUT2D eigenvalue weighted by Gasteiger charge is -2.13. The zero-order chi connectivity index (χ0) is 10.8. The fourth-order valence-electron chi connectivity index (χ4n) is 1.89. The first-order valence-corrected chi connectivity index (χ1v) is 5.22. The second-order valence-electron chi connectivity index (χ2n) is 3.64. The largest absolute Gasteiger partial charge is 0.382 e. The zero-order valence-corrected chi connectivity index (χ0v) is 8.68. The summed E-state index contributed by atoms with van der Waals surface area (Å²) in [5.74, 6) is 0.847. The number of fused-ring (bicyclic) bond motifs is 1. The minimum absolute atomic E-state index is 0.847. The van der Waals surface area contributed by atoms with Gasteiger partial charge >= 0.3 is 0 Å². The van der Waals surface area contributed by atoms with Gasteiger partial charge in [0.1, 0.15) is 0 Å². The van der Waals surface area contributed by atoms with Crippen molar-refractivity contribution in [3.8, 4) is 0 Å². The maximum absolute atomic E-state index is 5.40. The Morgan fingerprint density at radius 3 is 2.69 bits per heavy atom. The molecule has 2 aromatic rings. The Bertz CT molecular complexity index is 579. The van der Waals surface area contributed by atoms with Crippen molar-refractivity contribution >= 4 is 16.5 Å². The van der Waals surface area contributed by atoms with E-state index < -0.39 is 0 Å². The normalized spacial score (nSPS) is 14.1. The molecule has 0 aromatic heterocycles. The molecule has 1 heterocycles. The average molecular weight is 209 g/mol. The van der Waals surface area contributed by atoms with E-state index in [2.05, 4.69) is 29.7 Å². The highest BCUT2D eigenvalue weighted by atomic mass is 16.6. The fraction of sp³-hybridized carbons (Fsp3) is 0. The summed E-state index contributed by atoms with van der Waals surface area (Å²) >= 11 is 0. The molecule has 0 fully saturated rings. The van der Waals surface area contributed by atoms with Crippen LogP contribution < -0.4 is 5.48 Å².